The number of esters is 1. The van der Waals surface area contributed by atoms with Gasteiger partial charge in [0.2, 0.25) is 5.91 Å². The summed E-state index contributed by atoms with van der Waals surface area (Å²) in [7, 11) is 0. The lowest BCUT2D eigenvalue weighted by Gasteiger charge is -2.59. The van der Waals surface area contributed by atoms with Crippen molar-refractivity contribution in [1.82, 2.24) is 10.2 Å². The number of ether oxygens (including phenoxy) is 1. The van der Waals surface area contributed by atoms with Crippen molar-refractivity contribution in [2.45, 2.75) is 82.2 Å². The van der Waals surface area contributed by atoms with Gasteiger partial charge in [0.05, 0.1) is 4.87 Å². The number of fused-ring (bicyclic) bond motifs is 1. The molecule has 4 aliphatic carbocycles. The van der Waals surface area contributed by atoms with Gasteiger partial charge >= 0.3 is 5.97 Å². The third-order valence-corrected chi connectivity index (χ3v) is 9.95. The molecule has 6 nitrogen and oxygen atoms in total. The average molecular weight is 421 g/mol. The maximum absolute atomic E-state index is 12.6. The summed E-state index contributed by atoms with van der Waals surface area (Å²) in [4.78, 5) is 38.7. The van der Waals surface area contributed by atoms with Crippen molar-refractivity contribution in [2.75, 3.05) is 12.4 Å². The van der Waals surface area contributed by atoms with E-state index in [1.54, 1.807) is 16.7 Å². The van der Waals surface area contributed by atoms with E-state index < -0.39 is 12.0 Å². The van der Waals surface area contributed by atoms with E-state index in [1.165, 1.54) is 38.5 Å². The molecule has 0 unspecified atom stereocenters. The number of carbonyl (C=O) groups excluding carboxylic acids is 3. The Bertz CT molecular complexity index is 705. The first-order valence-corrected chi connectivity index (χ1v) is 12.2. The molecule has 2 heterocycles. The van der Waals surface area contributed by atoms with Gasteiger partial charge in [-0.05, 0) is 82.0 Å². The molecule has 7 heteroatoms. The van der Waals surface area contributed by atoms with Crippen molar-refractivity contribution >= 4 is 29.5 Å². The second-order valence-corrected chi connectivity index (χ2v) is 11.9. The molecule has 0 aromatic carbocycles. The topological polar surface area (TPSA) is 75.7 Å². The van der Waals surface area contributed by atoms with Crippen LogP contribution in [0.3, 0.4) is 0 Å². The van der Waals surface area contributed by atoms with E-state index >= 15 is 0 Å². The van der Waals surface area contributed by atoms with E-state index in [9.17, 15) is 14.4 Å². The maximum Gasteiger partial charge on any atom is 0.330 e. The number of carbonyl (C=O) groups is 3. The van der Waals surface area contributed by atoms with Crippen LogP contribution in [0.4, 0.5) is 0 Å². The summed E-state index contributed by atoms with van der Waals surface area (Å²) in [6.07, 6.45) is 9.08. The standard InChI is InChI=1S/C22H32N2O4S/c1-13(22-8-14-5-15(9-22)7-16(6-14)10-22)23-18(25)11-28-20(27)17-12-29-21(2)4-3-19(26)24(17)21/h13-17H,3-12H2,1-2H3,(H,23,25)/t13-,14?,15?,16?,17+,21+,22?/m1/s1. The molecule has 29 heavy (non-hydrogen) atoms. The molecule has 6 aliphatic rings. The molecule has 160 valence electrons. The van der Waals surface area contributed by atoms with Crippen molar-refractivity contribution in [3.63, 3.8) is 0 Å². The molecule has 2 saturated heterocycles. The second-order valence-electron chi connectivity index (χ2n) is 10.4. The average Bonchev–Trinajstić information content (AvgIpc) is 3.14. The lowest BCUT2D eigenvalue weighted by Crippen LogP contribution is -2.56. The van der Waals surface area contributed by atoms with Crippen LogP contribution in [0.2, 0.25) is 0 Å². The first kappa shape index (κ1) is 19.7. The van der Waals surface area contributed by atoms with Crippen LogP contribution in [-0.2, 0) is 19.1 Å². The van der Waals surface area contributed by atoms with E-state index in [0.717, 1.165) is 24.2 Å². The van der Waals surface area contributed by atoms with E-state index in [1.807, 2.05) is 6.92 Å². The third kappa shape index (κ3) is 3.28. The molecular formula is C22H32N2O4S. The van der Waals surface area contributed by atoms with Crippen molar-refractivity contribution in [1.29, 1.82) is 0 Å². The number of thioether (sulfide) groups is 1. The first-order valence-electron chi connectivity index (χ1n) is 11.2. The minimum absolute atomic E-state index is 0.0133. The molecule has 2 aliphatic heterocycles. The van der Waals surface area contributed by atoms with Crippen molar-refractivity contribution in [3.05, 3.63) is 0 Å². The number of hydrogen-bond acceptors (Lipinski definition) is 5. The molecule has 4 saturated carbocycles. The summed E-state index contributed by atoms with van der Waals surface area (Å²) in [6.45, 7) is 3.89. The van der Waals surface area contributed by atoms with E-state index in [2.05, 4.69) is 12.2 Å². The van der Waals surface area contributed by atoms with Crippen LogP contribution in [0, 0.1) is 23.2 Å². The summed E-state index contributed by atoms with van der Waals surface area (Å²) in [5.74, 6) is 2.41. The van der Waals surface area contributed by atoms with Crippen LogP contribution in [-0.4, -0.2) is 52.0 Å². The summed E-state index contributed by atoms with van der Waals surface area (Å²) in [5, 5.41) is 3.14. The highest BCUT2D eigenvalue weighted by molar-refractivity contribution is 8.01. The zero-order chi connectivity index (χ0) is 20.4. The van der Waals surface area contributed by atoms with Crippen molar-refractivity contribution in [2.24, 2.45) is 23.2 Å². The Hall–Kier alpha value is -1.24. The molecule has 4 bridgehead atoms. The van der Waals surface area contributed by atoms with Crippen LogP contribution in [0.5, 0.6) is 0 Å². The minimum atomic E-state index is -0.562. The zero-order valence-electron chi connectivity index (χ0n) is 17.4. The summed E-state index contributed by atoms with van der Waals surface area (Å²) >= 11 is 1.64. The SMILES string of the molecule is C[C@@H](NC(=O)COC(=O)[C@@H]1CS[C@@]2(C)CCC(=O)N12)C12CC3CC(CC(C3)C1)C2. The molecule has 0 aromatic heterocycles. The normalized spacial score (nSPS) is 43.4. The quantitative estimate of drug-likeness (QED) is 0.692. The lowest BCUT2D eigenvalue weighted by atomic mass is 9.48. The zero-order valence-corrected chi connectivity index (χ0v) is 18.3. The molecule has 6 rings (SSSR count). The Balaban J connectivity index is 1.15. The number of amides is 2. The van der Waals surface area contributed by atoms with Gasteiger partial charge in [-0.2, -0.15) is 0 Å². The Morgan fingerprint density at radius 1 is 1.21 bits per heavy atom. The molecule has 1 N–H and O–H groups in total. The monoisotopic (exact) mass is 420 g/mol. The van der Waals surface area contributed by atoms with E-state index in [4.69, 9.17) is 4.74 Å². The second kappa shape index (κ2) is 6.89. The molecule has 0 radical (unpaired) electrons. The number of hydrogen-bond donors (Lipinski definition) is 1. The van der Waals surface area contributed by atoms with Gasteiger partial charge in [-0.15, -0.1) is 11.8 Å². The number of nitrogens with zero attached hydrogens (tertiary/aromatic N) is 1. The van der Waals surface area contributed by atoms with Crippen LogP contribution in [0.15, 0.2) is 0 Å². The highest BCUT2D eigenvalue weighted by atomic mass is 32.2. The first-order chi connectivity index (χ1) is 13.8. The smallest absolute Gasteiger partial charge is 0.330 e. The van der Waals surface area contributed by atoms with Gasteiger partial charge in [0.25, 0.3) is 5.91 Å². The predicted molar refractivity (Wildman–Crippen MR) is 110 cm³/mol. The van der Waals surface area contributed by atoms with Crippen LogP contribution in [0.1, 0.15) is 65.2 Å². The van der Waals surface area contributed by atoms with Crippen molar-refractivity contribution < 1.29 is 19.1 Å². The number of rotatable bonds is 5. The van der Waals surface area contributed by atoms with Crippen LogP contribution < -0.4 is 5.32 Å². The Morgan fingerprint density at radius 2 is 1.83 bits per heavy atom. The highest BCUT2D eigenvalue weighted by Gasteiger charge is 2.54. The van der Waals surface area contributed by atoms with Gasteiger partial charge in [0, 0.05) is 18.2 Å². The Kier molecular flexibility index (Phi) is 4.68. The predicted octanol–water partition coefficient (Wildman–Crippen LogP) is 2.70. The van der Waals surface area contributed by atoms with Gasteiger partial charge in [-0.1, -0.05) is 0 Å². The summed E-state index contributed by atoms with van der Waals surface area (Å²) in [5.41, 5.74) is 0.236. The van der Waals surface area contributed by atoms with Gasteiger partial charge in [0.1, 0.15) is 6.04 Å². The Labute approximate surface area is 176 Å². The minimum Gasteiger partial charge on any atom is -0.454 e. The number of nitrogens with one attached hydrogen (secondary N) is 1. The third-order valence-electron chi connectivity index (χ3n) is 8.44. The highest BCUT2D eigenvalue weighted by Crippen LogP contribution is 2.61. The van der Waals surface area contributed by atoms with E-state index in [0.29, 0.717) is 12.2 Å². The molecule has 6 fully saturated rings. The fraction of sp³-hybridized carbons (Fsp3) is 0.864. The lowest BCUT2D eigenvalue weighted by molar-refractivity contribution is -0.156. The maximum atomic E-state index is 12.6. The fourth-order valence-corrected chi connectivity index (χ4v) is 8.79. The molecule has 2 amide bonds. The van der Waals surface area contributed by atoms with E-state index in [-0.39, 0.29) is 34.7 Å². The molecular weight excluding hydrogens is 388 g/mol. The largest absolute Gasteiger partial charge is 0.454 e. The molecule has 0 aromatic rings. The van der Waals surface area contributed by atoms with Crippen LogP contribution >= 0.6 is 11.8 Å². The summed E-state index contributed by atoms with van der Waals surface area (Å²) in [6, 6.07) is -0.444. The van der Waals surface area contributed by atoms with Gasteiger partial charge < -0.3 is 15.0 Å². The van der Waals surface area contributed by atoms with Crippen molar-refractivity contribution in [3.8, 4) is 0 Å². The van der Waals surface area contributed by atoms with Crippen LogP contribution in [0.25, 0.3) is 0 Å². The summed E-state index contributed by atoms with van der Waals surface area (Å²) < 4.78 is 5.35. The molecule has 3 atom stereocenters. The fourth-order valence-electron chi connectivity index (χ4n) is 7.37. The molecule has 0 spiro atoms. The Morgan fingerprint density at radius 3 is 2.45 bits per heavy atom. The van der Waals surface area contributed by atoms with Gasteiger partial charge in [-0.3, -0.25) is 9.59 Å². The van der Waals surface area contributed by atoms with Gasteiger partial charge in [0.15, 0.2) is 6.61 Å². The van der Waals surface area contributed by atoms with Gasteiger partial charge in [-0.25, -0.2) is 4.79 Å².